The van der Waals surface area contributed by atoms with Gasteiger partial charge in [-0.15, -0.1) is 0 Å². The highest BCUT2D eigenvalue weighted by atomic mass is 16.6. The predicted octanol–water partition coefficient (Wildman–Crippen LogP) is 3.48. The Hall–Kier alpha value is -2.89. The second-order valence-corrected chi connectivity index (χ2v) is 5.84. The van der Waals surface area contributed by atoms with Crippen LogP contribution in [-0.4, -0.2) is 17.9 Å². The van der Waals surface area contributed by atoms with E-state index in [1.54, 1.807) is 0 Å². The summed E-state index contributed by atoms with van der Waals surface area (Å²) in [6, 6.07) is 14.0. The summed E-state index contributed by atoms with van der Waals surface area (Å²) in [4.78, 5) is 23.1. The van der Waals surface area contributed by atoms with Gasteiger partial charge in [0.2, 0.25) is 0 Å². The van der Waals surface area contributed by atoms with Crippen molar-refractivity contribution in [1.29, 1.82) is 0 Å². The van der Waals surface area contributed by atoms with Crippen molar-refractivity contribution in [2.45, 2.75) is 18.9 Å². The van der Waals surface area contributed by atoms with E-state index < -0.39 is 4.92 Å². The van der Waals surface area contributed by atoms with Crippen LogP contribution in [0.4, 0.5) is 5.69 Å². The minimum absolute atomic E-state index is 0.0696. The molecule has 0 aromatic heterocycles. The van der Waals surface area contributed by atoms with Crippen molar-refractivity contribution in [3.8, 4) is 5.75 Å². The first-order chi connectivity index (χ1) is 11.6. The predicted molar refractivity (Wildman–Crippen MR) is 89.0 cm³/mol. The van der Waals surface area contributed by atoms with E-state index >= 15 is 0 Å². The maximum Gasteiger partial charge on any atom is 0.311 e. The van der Waals surface area contributed by atoms with Crippen LogP contribution < -0.4 is 10.1 Å². The van der Waals surface area contributed by atoms with E-state index in [2.05, 4.69) is 5.32 Å². The number of hydrogen-bond acceptors (Lipinski definition) is 4. The summed E-state index contributed by atoms with van der Waals surface area (Å²) in [6.07, 6.45) is 2.14. The van der Waals surface area contributed by atoms with Crippen LogP contribution in [0.3, 0.4) is 0 Å². The van der Waals surface area contributed by atoms with Crippen LogP contribution in [0.25, 0.3) is 0 Å². The fourth-order valence-corrected chi connectivity index (χ4v) is 2.76. The third-order valence-electron chi connectivity index (χ3n) is 4.18. The Morgan fingerprint density at radius 1 is 1.25 bits per heavy atom. The molecule has 6 nitrogen and oxygen atoms in total. The third-order valence-corrected chi connectivity index (χ3v) is 4.18. The van der Waals surface area contributed by atoms with E-state index in [1.807, 2.05) is 30.3 Å². The Morgan fingerprint density at radius 2 is 1.96 bits per heavy atom. The van der Waals surface area contributed by atoms with Crippen molar-refractivity contribution in [2.75, 3.05) is 7.11 Å². The fourth-order valence-electron chi connectivity index (χ4n) is 2.76. The number of amides is 1. The second kappa shape index (κ2) is 6.70. The first-order valence-corrected chi connectivity index (χ1v) is 7.78. The molecule has 0 saturated heterocycles. The number of carbonyl (C=O) groups is 1. The lowest BCUT2D eigenvalue weighted by Crippen LogP contribution is -2.29. The first kappa shape index (κ1) is 16.0. The second-order valence-electron chi connectivity index (χ2n) is 5.84. The highest BCUT2D eigenvalue weighted by Gasteiger charge is 2.33. The van der Waals surface area contributed by atoms with E-state index in [4.69, 9.17) is 4.74 Å². The zero-order valence-corrected chi connectivity index (χ0v) is 13.3. The monoisotopic (exact) mass is 326 g/mol. The smallest absolute Gasteiger partial charge is 0.311 e. The standard InChI is InChI=1S/C18H18N2O4/c1-24-16-10-9-14(11-15(16)20(22)23)18(21)19-17(13-7-8-13)12-5-3-2-4-6-12/h2-6,9-11,13,17H,7-8H2,1H3,(H,19,21)/t17-/m1/s1. The van der Waals surface area contributed by atoms with Gasteiger partial charge in [-0.05, 0) is 36.5 Å². The Balaban J connectivity index is 1.83. The van der Waals surface area contributed by atoms with Crippen LogP contribution in [0.5, 0.6) is 5.75 Å². The molecule has 1 atom stereocenters. The first-order valence-electron chi connectivity index (χ1n) is 7.78. The van der Waals surface area contributed by atoms with E-state index in [0.29, 0.717) is 5.92 Å². The van der Waals surface area contributed by atoms with Gasteiger partial charge in [-0.1, -0.05) is 30.3 Å². The summed E-state index contributed by atoms with van der Waals surface area (Å²) in [5.74, 6) is 0.240. The average Bonchev–Trinajstić information content (AvgIpc) is 3.44. The van der Waals surface area contributed by atoms with Gasteiger partial charge in [0.15, 0.2) is 5.75 Å². The molecule has 0 bridgehead atoms. The molecule has 3 rings (SSSR count). The quantitative estimate of drug-likeness (QED) is 0.651. The Morgan fingerprint density at radius 3 is 2.54 bits per heavy atom. The lowest BCUT2D eigenvalue weighted by Gasteiger charge is -2.19. The number of nitrogens with one attached hydrogen (secondary N) is 1. The SMILES string of the molecule is COc1ccc(C(=O)N[C@H](c2ccccc2)C2CC2)cc1[N+](=O)[O-]. The van der Waals surface area contributed by atoms with Crippen molar-refractivity contribution in [3.63, 3.8) is 0 Å². The van der Waals surface area contributed by atoms with E-state index in [0.717, 1.165) is 18.4 Å². The summed E-state index contributed by atoms with van der Waals surface area (Å²) < 4.78 is 4.97. The molecule has 1 aliphatic carbocycles. The molecule has 0 aliphatic heterocycles. The van der Waals surface area contributed by atoms with Crippen LogP contribution in [0, 0.1) is 16.0 Å². The maximum atomic E-state index is 12.6. The molecule has 124 valence electrons. The van der Waals surface area contributed by atoms with E-state index in [1.165, 1.54) is 25.3 Å². The highest BCUT2D eigenvalue weighted by molar-refractivity contribution is 5.95. The molecule has 1 N–H and O–H groups in total. The zero-order valence-electron chi connectivity index (χ0n) is 13.3. The fraction of sp³-hybridized carbons (Fsp3) is 0.278. The molecular weight excluding hydrogens is 308 g/mol. The largest absolute Gasteiger partial charge is 0.490 e. The third kappa shape index (κ3) is 3.37. The summed E-state index contributed by atoms with van der Waals surface area (Å²) in [5.41, 5.74) is 1.09. The van der Waals surface area contributed by atoms with Crippen molar-refractivity contribution in [3.05, 3.63) is 69.8 Å². The number of nitro benzene ring substituents is 1. The molecule has 6 heteroatoms. The Labute approximate surface area is 139 Å². The molecule has 1 fully saturated rings. The van der Waals surface area contributed by atoms with Gasteiger partial charge in [0.05, 0.1) is 18.1 Å². The number of carbonyl (C=O) groups excluding carboxylic acids is 1. The summed E-state index contributed by atoms with van der Waals surface area (Å²) >= 11 is 0. The molecule has 0 radical (unpaired) electrons. The average molecular weight is 326 g/mol. The van der Waals surface area contributed by atoms with Crippen LogP contribution in [-0.2, 0) is 0 Å². The van der Waals surface area contributed by atoms with Crippen molar-refractivity contribution >= 4 is 11.6 Å². The van der Waals surface area contributed by atoms with Crippen molar-refractivity contribution in [2.24, 2.45) is 5.92 Å². The lowest BCUT2D eigenvalue weighted by molar-refractivity contribution is -0.385. The molecular formula is C18H18N2O4. The summed E-state index contributed by atoms with van der Waals surface area (Å²) in [5, 5.41) is 14.1. The van der Waals surface area contributed by atoms with Gasteiger partial charge in [0.25, 0.3) is 5.91 Å². The molecule has 0 heterocycles. The van der Waals surface area contributed by atoms with Crippen molar-refractivity contribution in [1.82, 2.24) is 5.32 Å². The van der Waals surface area contributed by atoms with Crippen LogP contribution in [0.1, 0.15) is 34.8 Å². The van der Waals surface area contributed by atoms with E-state index in [-0.39, 0.29) is 28.9 Å². The van der Waals surface area contributed by atoms with Crippen molar-refractivity contribution < 1.29 is 14.5 Å². The summed E-state index contributed by atoms with van der Waals surface area (Å²) in [6.45, 7) is 0. The van der Waals surface area contributed by atoms with Crippen LogP contribution in [0.2, 0.25) is 0 Å². The normalized spacial score (nSPS) is 14.7. The van der Waals surface area contributed by atoms with Gasteiger partial charge >= 0.3 is 5.69 Å². The highest BCUT2D eigenvalue weighted by Crippen LogP contribution is 2.41. The molecule has 0 spiro atoms. The van der Waals surface area contributed by atoms with Gasteiger partial charge < -0.3 is 10.1 Å². The van der Waals surface area contributed by atoms with Crippen LogP contribution >= 0.6 is 0 Å². The molecule has 1 saturated carbocycles. The van der Waals surface area contributed by atoms with E-state index in [9.17, 15) is 14.9 Å². The topological polar surface area (TPSA) is 81.5 Å². The minimum Gasteiger partial charge on any atom is -0.490 e. The van der Waals surface area contributed by atoms with Gasteiger partial charge in [0, 0.05) is 11.6 Å². The zero-order chi connectivity index (χ0) is 17.1. The van der Waals surface area contributed by atoms with Gasteiger partial charge in [-0.25, -0.2) is 0 Å². The maximum absolute atomic E-state index is 12.6. The molecule has 2 aromatic rings. The number of benzene rings is 2. The number of hydrogen-bond donors (Lipinski definition) is 1. The number of nitrogens with zero attached hydrogens (tertiary/aromatic N) is 1. The minimum atomic E-state index is -0.550. The lowest BCUT2D eigenvalue weighted by atomic mass is 10.0. The summed E-state index contributed by atoms with van der Waals surface area (Å²) in [7, 11) is 1.36. The number of nitro groups is 1. The molecule has 2 aromatic carbocycles. The number of rotatable bonds is 6. The molecule has 24 heavy (non-hydrogen) atoms. The molecule has 1 aliphatic rings. The number of methoxy groups -OCH3 is 1. The van der Waals surface area contributed by atoms with Crippen LogP contribution in [0.15, 0.2) is 48.5 Å². The number of ether oxygens (including phenoxy) is 1. The molecule has 1 amide bonds. The van der Waals surface area contributed by atoms with Gasteiger partial charge in [-0.2, -0.15) is 0 Å². The van der Waals surface area contributed by atoms with Gasteiger partial charge in [0.1, 0.15) is 0 Å². The Bertz CT molecular complexity index is 757. The molecule has 0 unspecified atom stereocenters. The van der Waals surface area contributed by atoms with Gasteiger partial charge in [-0.3, -0.25) is 14.9 Å². The Kier molecular flexibility index (Phi) is 4.46.